The highest BCUT2D eigenvalue weighted by Crippen LogP contribution is 2.41. The number of aromatic nitrogens is 2. The molecule has 0 aliphatic heterocycles. The first-order valence-electron chi connectivity index (χ1n) is 18.4. The number of hydrogen-bond acceptors (Lipinski definition) is 0. The van der Waals surface area contributed by atoms with Gasteiger partial charge in [-0.3, -0.25) is 0 Å². The fraction of sp³-hybridized carbons (Fsp3) is 0.167. The molecule has 0 radical (unpaired) electrons. The van der Waals surface area contributed by atoms with Crippen LogP contribution in [0.3, 0.4) is 0 Å². The quantitative estimate of drug-likeness (QED) is 0.176. The Morgan fingerprint density at radius 3 is 1.18 bits per heavy atom. The second-order valence-electron chi connectivity index (χ2n) is 14.2. The first-order valence-corrected chi connectivity index (χ1v) is 18.4. The van der Waals surface area contributed by atoms with Crippen LogP contribution in [0.25, 0.3) is 66.6 Å². The normalized spacial score (nSPS) is 14.2. The van der Waals surface area contributed by atoms with Crippen LogP contribution in [0.4, 0.5) is 0 Å². The van der Waals surface area contributed by atoms with Gasteiger partial charge >= 0.3 is 0 Å². The SMILES string of the molecule is c1ccc(-c2cc(-c3ccccc3)cc(-c3cc(-n4c5c(c6ccccc64)CCCC5)cc(-n4c5c(c6ccccc64)CCCC5)c3)c2)cc1. The van der Waals surface area contributed by atoms with Crippen molar-refractivity contribution < 1.29 is 0 Å². The van der Waals surface area contributed by atoms with Gasteiger partial charge in [0.15, 0.2) is 0 Å². The van der Waals surface area contributed by atoms with Crippen molar-refractivity contribution in [3.63, 3.8) is 0 Å². The number of nitrogens with zero attached hydrogens (tertiary/aromatic N) is 2. The summed E-state index contributed by atoms with van der Waals surface area (Å²) in [6, 6.07) is 54.4. The molecule has 2 aliphatic rings. The Labute approximate surface area is 294 Å². The van der Waals surface area contributed by atoms with Gasteiger partial charge < -0.3 is 9.13 Å². The van der Waals surface area contributed by atoms with Crippen LogP contribution in [0.5, 0.6) is 0 Å². The molecular formula is C48H40N2. The van der Waals surface area contributed by atoms with Gasteiger partial charge in [-0.15, -0.1) is 0 Å². The molecule has 0 fully saturated rings. The molecule has 2 heterocycles. The Hall–Kier alpha value is -5.60. The minimum atomic E-state index is 1.12. The molecule has 2 aromatic heterocycles. The van der Waals surface area contributed by atoms with Gasteiger partial charge in [0.1, 0.15) is 0 Å². The maximum Gasteiger partial charge on any atom is 0.0534 e. The van der Waals surface area contributed by atoms with Crippen molar-refractivity contribution in [1.82, 2.24) is 9.13 Å². The minimum Gasteiger partial charge on any atom is -0.313 e. The number of para-hydroxylation sites is 2. The van der Waals surface area contributed by atoms with E-state index in [4.69, 9.17) is 0 Å². The summed E-state index contributed by atoms with van der Waals surface area (Å²) in [6.45, 7) is 0. The van der Waals surface area contributed by atoms with Gasteiger partial charge in [-0.2, -0.15) is 0 Å². The first-order chi connectivity index (χ1) is 24.8. The van der Waals surface area contributed by atoms with E-state index in [0.717, 1.165) is 25.7 Å². The molecule has 2 aliphatic carbocycles. The fourth-order valence-electron chi connectivity index (χ4n) is 8.99. The van der Waals surface area contributed by atoms with Crippen molar-refractivity contribution in [3.05, 3.63) is 168 Å². The van der Waals surface area contributed by atoms with Gasteiger partial charge in [-0.05, 0) is 144 Å². The minimum absolute atomic E-state index is 1.12. The topological polar surface area (TPSA) is 9.86 Å². The monoisotopic (exact) mass is 644 g/mol. The van der Waals surface area contributed by atoms with Crippen LogP contribution < -0.4 is 0 Å². The summed E-state index contributed by atoms with van der Waals surface area (Å²) in [6.07, 6.45) is 9.57. The number of hydrogen-bond donors (Lipinski definition) is 0. The molecule has 0 N–H and O–H groups in total. The van der Waals surface area contributed by atoms with Gasteiger partial charge in [-0.25, -0.2) is 0 Å². The maximum atomic E-state index is 2.61. The molecule has 0 amide bonds. The molecular weight excluding hydrogens is 605 g/mol. The molecule has 50 heavy (non-hydrogen) atoms. The Balaban J connectivity index is 1.28. The second kappa shape index (κ2) is 12.1. The van der Waals surface area contributed by atoms with Crippen LogP contribution in [0.2, 0.25) is 0 Å². The lowest BCUT2D eigenvalue weighted by atomic mass is 9.92. The largest absolute Gasteiger partial charge is 0.313 e. The zero-order valence-electron chi connectivity index (χ0n) is 28.4. The van der Waals surface area contributed by atoms with E-state index in [-0.39, 0.29) is 0 Å². The van der Waals surface area contributed by atoms with Crippen LogP contribution in [-0.2, 0) is 25.7 Å². The summed E-state index contributed by atoms with van der Waals surface area (Å²) >= 11 is 0. The van der Waals surface area contributed by atoms with Crippen LogP contribution in [0, 0.1) is 0 Å². The molecule has 0 atom stereocenters. The summed E-state index contributed by atoms with van der Waals surface area (Å²) in [4.78, 5) is 0. The van der Waals surface area contributed by atoms with Crippen LogP contribution in [0.1, 0.15) is 48.2 Å². The Morgan fingerprint density at radius 2 is 0.700 bits per heavy atom. The molecule has 0 unspecified atom stereocenters. The third kappa shape index (κ3) is 4.85. The number of benzene rings is 6. The van der Waals surface area contributed by atoms with Crippen LogP contribution in [0.15, 0.2) is 146 Å². The zero-order valence-corrected chi connectivity index (χ0v) is 28.4. The van der Waals surface area contributed by atoms with E-state index >= 15 is 0 Å². The molecule has 0 spiro atoms. The summed E-state index contributed by atoms with van der Waals surface area (Å²) < 4.78 is 5.21. The van der Waals surface area contributed by atoms with Gasteiger partial charge in [-0.1, -0.05) is 97.1 Å². The molecule has 0 saturated heterocycles. The average molecular weight is 645 g/mol. The smallest absolute Gasteiger partial charge is 0.0534 e. The van der Waals surface area contributed by atoms with Gasteiger partial charge in [0.05, 0.1) is 11.0 Å². The van der Waals surface area contributed by atoms with E-state index in [1.165, 1.54) is 104 Å². The highest BCUT2D eigenvalue weighted by Gasteiger charge is 2.24. The lowest BCUT2D eigenvalue weighted by Crippen LogP contribution is -2.09. The molecule has 8 aromatic rings. The third-order valence-corrected chi connectivity index (χ3v) is 11.3. The van der Waals surface area contributed by atoms with Gasteiger partial charge in [0, 0.05) is 33.5 Å². The molecule has 2 nitrogen and oxygen atoms in total. The average Bonchev–Trinajstić information content (AvgIpc) is 3.71. The van der Waals surface area contributed by atoms with Crippen molar-refractivity contribution in [1.29, 1.82) is 0 Å². The molecule has 0 bridgehead atoms. The standard InChI is InChI=1S/C48H40N2/c1-3-15-33(16-4-1)35-27-36(34-17-5-2-6-18-34)29-37(28-35)38-30-39(49-45-23-11-7-19-41(45)42-20-8-12-24-46(42)49)32-40(31-38)50-47-25-13-9-21-43(47)44-22-10-14-26-48(44)50/h1-7,9,11,13,15-19,21,23,25,27-32H,8,10,12,14,20,22,24,26H2. The zero-order chi connectivity index (χ0) is 33.0. The molecule has 2 heteroatoms. The lowest BCUT2D eigenvalue weighted by molar-refractivity contribution is 0.665. The Morgan fingerprint density at radius 1 is 0.320 bits per heavy atom. The van der Waals surface area contributed by atoms with Gasteiger partial charge in [0.25, 0.3) is 0 Å². The second-order valence-corrected chi connectivity index (χ2v) is 14.2. The first kappa shape index (κ1) is 29.3. The van der Waals surface area contributed by atoms with E-state index < -0.39 is 0 Å². The lowest BCUT2D eigenvalue weighted by Gasteiger charge is -2.21. The highest BCUT2D eigenvalue weighted by atomic mass is 15.0. The van der Waals surface area contributed by atoms with Crippen molar-refractivity contribution >= 4 is 21.8 Å². The number of aryl methyl sites for hydroxylation is 2. The fourth-order valence-corrected chi connectivity index (χ4v) is 8.99. The number of rotatable bonds is 5. The summed E-state index contributed by atoms with van der Waals surface area (Å²) in [7, 11) is 0. The van der Waals surface area contributed by atoms with E-state index in [9.17, 15) is 0 Å². The Bertz CT molecular complexity index is 2360. The predicted molar refractivity (Wildman–Crippen MR) is 210 cm³/mol. The van der Waals surface area contributed by atoms with E-state index in [1.54, 1.807) is 11.1 Å². The van der Waals surface area contributed by atoms with E-state index in [2.05, 4.69) is 155 Å². The third-order valence-electron chi connectivity index (χ3n) is 11.3. The van der Waals surface area contributed by atoms with E-state index in [1.807, 2.05) is 0 Å². The van der Waals surface area contributed by atoms with Crippen LogP contribution in [-0.4, -0.2) is 9.13 Å². The number of fused-ring (bicyclic) bond motifs is 6. The molecule has 242 valence electrons. The predicted octanol–water partition coefficient (Wildman–Crippen LogP) is 12.3. The van der Waals surface area contributed by atoms with Crippen molar-refractivity contribution in [2.24, 2.45) is 0 Å². The van der Waals surface area contributed by atoms with Crippen molar-refractivity contribution in [2.45, 2.75) is 51.4 Å². The summed E-state index contributed by atoms with van der Waals surface area (Å²) in [5, 5.41) is 2.82. The van der Waals surface area contributed by atoms with E-state index in [0.29, 0.717) is 0 Å². The molecule has 6 aromatic carbocycles. The van der Waals surface area contributed by atoms with Crippen molar-refractivity contribution in [2.75, 3.05) is 0 Å². The summed E-state index contributed by atoms with van der Waals surface area (Å²) in [5.41, 5.74) is 18.7. The molecule has 10 rings (SSSR count). The summed E-state index contributed by atoms with van der Waals surface area (Å²) in [5.74, 6) is 0. The van der Waals surface area contributed by atoms with Gasteiger partial charge in [0.2, 0.25) is 0 Å². The van der Waals surface area contributed by atoms with Crippen LogP contribution >= 0.6 is 0 Å². The van der Waals surface area contributed by atoms with Crippen molar-refractivity contribution in [3.8, 4) is 44.8 Å². The maximum absolute atomic E-state index is 2.61. The highest BCUT2D eigenvalue weighted by molar-refractivity contribution is 5.91. The Kier molecular flexibility index (Phi) is 7.08. The molecule has 0 saturated carbocycles.